The topological polar surface area (TPSA) is 134 Å². The van der Waals surface area contributed by atoms with Gasteiger partial charge in [0.25, 0.3) is 11.6 Å². The average Bonchev–Trinajstić information content (AvgIpc) is 2.54. The van der Waals surface area contributed by atoms with Crippen LogP contribution in [0.5, 0.6) is 11.6 Å². The molecule has 2 aromatic heterocycles. The molecule has 0 aliphatic heterocycles. The van der Waals surface area contributed by atoms with Gasteiger partial charge in [-0.2, -0.15) is 0 Å². The number of primary amides is 1. The summed E-state index contributed by atoms with van der Waals surface area (Å²) in [6, 6.07) is 5.93. The number of carbonyl (C=O) groups is 1. The van der Waals surface area contributed by atoms with Crippen LogP contribution in [-0.4, -0.2) is 25.8 Å². The van der Waals surface area contributed by atoms with E-state index in [-0.39, 0.29) is 17.1 Å². The van der Waals surface area contributed by atoms with Crippen LogP contribution in [0.25, 0.3) is 11.0 Å². The van der Waals surface area contributed by atoms with Gasteiger partial charge in [-0.05, 0) is 12.1 Å². The second-order valence-electron chi connectivity index (χ2n) is 4.48. The Morgan fingerprint density at radius 2 is 1.87 bits per heavy atom. The van der Waals surface area contributed by atoms with Crippen LogP contribution in [0.2, 0.25) is 0 Å². The predicted molar refractivity (Wildman–Crippen MR) is 79.0 cm³/mol. The molecule has 2 heterocycles. The molecule has 0 saturated carbocycles. The molecule has 0 spiro atoms. The number of carbonyl (C=O) groups excluding carboxylic acids is 1. The van der Waals surface area contributed by atoms with Gasteiger partial charge in [0.2, 0.25) is 5.88 Å². The molecule has 1 amide bonds. The van der Waals surface area contributed by atoms with Crippen LogP contribution in [0.4, 0.5) is 5.69 Å². The van der Waals surface area contributed by atoms with Gasteiger partial charge in [-0.1, -0.05) is 0 Å². The molecule has 0 fully saturated rings. The Kier molecular flexibility index (Phi) is 3.51. The van der Waals surface area contributed by atoms with Crippen molar-refractivity contribution in [3.63, 3.8) is 0 Å². The van der Waals surface area contributed by atoms with E-state index >= 15 is 0 Å². The van der Waals surface area contributed by atoms with E-state index in [1.54, 1.807) is 24.4 Å². The van der Waals surface area contributed by atoms with E-state index in [0.717, 1.165) is 12.3 Å². The van der Waals surface area contributed by atoms with E-state index in [1.165, 1.54) is 6.20 Å². The van der Waals surface area contributed by atoms with Crippen molar-refractivity contribution >= 4 is 22.6 Å². The molecule has 9 nitrogen and oxygen atoms in total. The number of nitrogens with zero attached hydrogens (tertiary/aromatic N) is 4. The summed E-state index contributed by atoms with van der Waals surface area (Å²) in [4.78, 5) is 33.6. The van der Waals surface area contributed by atoms with Crippen molar-refractivity contribution < 1.29 is 14.5 Å². The fraction of sp³-hybridized carbons (Fsp3) is 0. The van der Waals surface area contributed by atoms with Crippen molar-refractivity contribution in [3.05, 3.63) is 58.5 Å². The number of nitro groups is 1. The number of benzene rings is 1. The summed E-state index contributed by atoms with van der Waals surface area (Å²) < 4.78 is 5.51. The maximum Gasteiger partial charge on any atom is 0.288 e. The number of hydrogen-bond acceptors (Lipinski definition) is 7. The van der Waals surface area contributed by atoms with E-state index < -0.39 is 10.8 Å². The molecule has 3 rings (SSSR count). The van der Waals surface area contributed by atoms with Gasteiger partial charge >= 0.3 is 0 Å². The minimum absolute atomic E-state index is 0.119. The lowest BCUT2D eigenvalue weighted by Crippen LogP contribution is -2.13. The van der Waals surface area contributed by atoms with Gasteiger partial charge in [-0.25, -0.2) is 4.98 Å². The fourth-order valence-corrected chi connectivity index (χ4v) is 1.92. The van der Waals surface area contributed by atoms with Crippen molar-refractivity contribution in [2.24, 2.45) is 5.73 Å². The maximum atomic E-state index is 11.5. The van der Waals surface area contributed by atoms with Crippen molar-refractivity contribution in [3.8, 4) is 11.6 Å². The molecule has 0 saturated heterocycles. The molecule has 9 heteroatoms. The first-order valence-electron chi connectivity index (χ1n) is 6.37. The molecule has 2 N–H and O–H groups in total. The summed E-state index contributed by atoms with van der Waals surface area (Å²) >= 11 is 0. The van der Waals surface area contributed by atoms with E-state index in [0.29, 0.717) is 16.8 Å². The van der Waals surface area contributed by atoms with Crippen LogP contribution in [0.1, 0.15) is 10.4 Å². The van der Waals surface area contributed by atoms with Gasteiger partial charge in [-0.3, -0.25) is 24.9 Å². The summed E-state index contributed by atoms with van der Waals surface area (Å²) in [7, 11) is 0. The molecular weight excluding hydrogens is 302 g/mol. The molecule has 0 unspecified atom stereocenters. The SMILES string of the molecule is NC(=O)c1cc([N+](=O)[O-])cnc1Oc1ccc2nccnc2c1. The van der Waals surface area contributed by atoms with E-state index in [1.807, 2.05) is 0 Å². The number of rotatable bonds is 4. The zero-order valence-electron chi connectivity index (χ0n) is 11.5. The van der Waals surface area contributed by atoms with Crippen LogP contribution in [0.15, 0.2) is 42.9 Å². The lowest BCUT2D eigenvalue weighted by atomic mass is 10.2. The highest BCUT2D eigenvalue weighted by Gasteiger charge is 2.18. The van der Waals surface area contributed by atoms with Crippen molar-refractivity contribution in [1.29, 1.82) is 0 Å². The number of nitrogens with two attached hydrogens (primary N) is 1. The standard InChI is InChI=1S/C14H9N5O4/c15-13(20)10-5-8(19(21)22)7-18-14(10)23-9-1-2-11-12(6-9)17-4-3-16-11/h1-7H,(H2,15,20). The van der Waals surface area contributed by atoms with Crippen LogP contribution >= 0.6 is 0 Å². The van der Waals surface area contributed by atoms with Gasteiger partial charge in [0.15, 0.2) is 0 Å². The Labute approximate surface area is 128 Å². The fourth-order valence-electron chi connectivity index (χ4n) is 1.92. The summed E-state index contributed by atoms with van der Waals surface area (Å²) in [5, 5.41) is 10.7. The summed E-state index contributed by atoms with van der Waals surface area (Å²) in [5.74, 6) is -0.648. The second kappa shape index (κ2) is 5.64. The summed E-state index contributed by atoms with van der Waals surface area (Å²) in [6.07, 6.45) is 4.08. The van der Waals surface area contributed by atoms with Crippen molar-refractivity contribution in [2.45, 2.75) is 0 Å². The van der Waals surface area contributed by atoms with E-state index in [4.69, 9.17) is 10.5 Å². The Balaban J connectivity index is 2.00. The number of pyridine rings is 1. The number of amides is 1. The second-order valence-corrected chi connectivity index (χ2v) is 4.48. The number of ether oxygens (including phenoxy) is 1. The molecule has 0 atom stereocenters. The van der Waals surface area contributed by atoms with Crippen molar-refractivity contribution in [1.82, 2.24) is 15.0 Å². The average molecular weight is 311 g/mol. The smallest absolute Gasteiger partial charge is 0.288 e. The monoisotopic (exact) mass is 311 g/mol. The van der Waals surface area contributed by atoms with Gasteiger partial charge in [0.05, 0.1) is 16.0 Å². The van der Waals surface area contributed by atoms with Gasteiger partial charge in [-0.15, -0.1) is 0 Å². The Morgan fingerprint density at radius 3 is 2.57 bits per heavy atom. The number of hydrogen-bond donors (Lipinski definition) is 1. The third-order valence-electron chi connectivity index (χ3n) is 2.97. The minimum Gasteiger partial charge on any atom is -0.438 e. The largest absolute Gasteiger partial charge is 0.438 e. The zero-order valence-corrected chi connectivity index (χ0v) is 11.5. The van der Waals surface area contributed by atoms with Gasteiger partial charge in [0, 0.05) is 24.5 Å². The zero-order chi connectivity index (χ0) is 16.4. The van der Waals surface area contributed by atoms with Crippen LogP contribution in [0.3, 0.4) is 0 Å². The normalized spacial score (nSPS) is 10.4. The molecule has 0 radical (unpaired) electrons. The molecule has 114 valence electrons. The van der Waals surface area contributed by atoms with E-state index in [2.05, 4.69) is 15.0 Å². The van der Waals surface area contributed by atoms with Crippen LogP contribution in [0, 0.1) is 10.1 Å². The van der Waals surface area contributed by atoms with Crippen molar-refractivity contribution in [2.75, 3.05) is 0 Å². The Morgan fingerprint density at radius 1 is 1.13 bits per heavy atom. The molecule has 3 aromatic rings. The maximum absolute atomic E-state index is 11.5. The lowest BCUT2D eigenvalue weighted by molar-refractivity contribution is -0.385. The molecule has 23 heavy (non-hydrogen) atoms. The molecule has 0 aliphatic carbocycles. The van der Waals surface area contributed by atoms with Crippen LogP contribution in [-0.2, 0) is 0 Å². The third-order valence-corrected chi connectivity index (χ3v) is 2.97. The molecular formula is C14H9N5O4. The third kappa shape index (κ3) is 2.88. The highest BCUT2D eigenvalue weighted by atomic mass is 16.6. The predicted octanol–water partition coefficient (Wildman–Crippen LogP) is 1.82. The Bertz CT molecular complexity index is 928. The first-order chi connectivity index (χ1) is 11.0. The van der Waals surface area contributed by atoms with Gasteiger partial charge in [0.1, 0.15) is 17.5 Å². The molecule has 0 bridgehead atoms. The Hall–Kier alpha value is -3.62. The summed E-state index contributed by atoms with van der Waals surface area (Å²) in [6.45, 7) is 0. The first kappa shape index (κ1) is 14.3. The molecule has 0 aliphatic rings. The van der Waals surface area contributed by atoms with E-state index in [9.17, 15) is 14.9 Å². The number of fused-ring (bicyclic) bond motifs is 1. The summed E-state index contributed by atoms with van der Waals surface area (Å²) in [5.41, 5.74) is 5.95. The first-order valence-corrected chi connectivity index (χ1v) is 6.37. The number of aromatic nitrogens is 3. The molecule has 1 aromatic carbocycles. The lowest BCUT2D eigenvalue weighted by Gasteiger charge is -2.08. The van der Waals surface area contributed by atoms with Crippen LogP contribution < -0.4 is 10.5 Å². The highest BCUT2D eigenvalue weighted by Crippen LogP contribution is 2.27. The minimum atomic E-state index is -0.878. The van der Waals surface area contributed by atoms with Gasteiger partial charge < -0.3 is 10.5 Å². The quantitative estimate of drug-likeness (QED) is 0.573. The highest BCUT2D eigenvalue weighted by molar-refractivity contribution is 5.95.